The first-order chi connectivity index (χ1) is 10.8. The zero-order valence-electron chi connectivity index (χ0n) is 12.6. The molecule has 0 saturated carbocycles. The van der Waals surface area contributed by atoms with Gasteiger partial charge in [-0.3, -0.25) is 4.79 Å². The normalized spacial score (nSPS) is 23.6. The van der Waals surface area contributed by atoms with Crippen LogP contribution in [0.5, 0.6) is 5.75 Å². The molecule has 1 heterocycles. The van der Waals surface area contributed by atoms with E-state index in [-0.39, 0.29) is 40.9 Å². The van der Waals surface area contributed by atoms with E-state index in [0.29, 0.717) is 5.56 Å². The molecule has 3 N–H and O–H groups in total. The zero-order chi connectivity index (χ0) is 16.9. The van der Waals surface area contributed by atoms with Crippen molar-refractivity contribution in [3.63, 3.8) is 0 Å². The van der Waals surface area contributed by atoms with Gasteiger partial charge in [-0.25, -0.2) is 4.79 Å². The number of fused-ring (bicyclic) bond motifs is 2. The van der Waals surface area contributed by atoms with E-state index in [4.69, 9.17) is 4.42 Å². The Kier molecular flexibility index (Phi) is 3.42. The molecule has 0 bridgehead atoms. The van der Waals surface area contributed by atoms with Gasteiger partial charge in [0, 0.05) is 6.42 Å². The summed E-state index contributed by atoms with van der Waals surface area (Å²) in [5, 5.41) is 30.6. The summed E-state index contributed by atoms with van der Waals surface area (Å²) in [6, 6.07) is 2.73. The van der Waals surface area contributed by atoms with Crippen LogP contribution >= 0.6 is 0 Å². The summed E-state index contributed by atoms with van der Waals surface area (Å²) in [4.78, 5) is 24.8. The molecule has 23 heavy (non-hydrogen) atoms. The summed E-state index contributed by atoms with van der Waals surface area (Å²) in [5.41, 5.74) is -2.73. The van der Waals surface area contributed by atoms with Crippen molar-refractivity contribution < 1.29 is 29.3 Å². The van der Waals surface area contributed by atoms with Crippen LogP contribution in [-0.4, -0.2) is 34.5 Å². The first-order valence-corrected chi connectivity index (χ1v) is 7.09. The molecular formula is C16H16O7. The maximum Gasteiger partial charge on any atom is 0.345 e. The second kappa shape index (κ2) is 5.07. The van der Waals surface area contributed by atoms with Crippen LogP contribution in [0.2, 0.25) is 0 Å². The largest absolute Gasteiger partial charge is 0.508 e. The van der Waals surface area contributed by atoms with Gasteiger partial charge in [-0.05, 0) is 31.0 Å². The smallest absolute Gasteiger partial charge is 0.345 e. The second-order valence-corrected chi connectivity index (χ2v) is 5.68. The summed E-state index contributed by atoms with van der Waals surface area (Å²) in [6.07, 6.45) is -1.24. The third-order valence-electron chi connectivity index (χ3n) is 4.29. The van der Waals surface area contributed by atoms with Gasteiger partial charge in [-0.2, -0.15) is 0 Å². The highest BCUT2D eigenvalue weighted by Gasteiger charge is 2.52. The lowest BCUT2D eigenvalue weighted by Crippen LogP contribution is -2.53. The molecule has 0 radical (unpaired) electrons. The molecule has 2 atom stereocenters. The van der Waals surface area contributed by atoms with E-state index in [2.05, 4.69) is 4.74 Å². The molecule has 7 nitrogen and oxygen atoms in total. The molecule has 0 fully saturated rings. The summed E-state index contributed by atoms with van der Waals surface area (Å²) in [7, 11) is 1.05. The molecule has 0 amide bonds. The van der Waals surface area contributed by atoms with Crippen LogP contribution in [0.1, 0.15) is 23.3 Å². The van der Waals surface area contributed by atoms with Gasteiger partial charge in [-0.1, -0.05) is 0 Å². The van der Waals surface area contributed by atoms with E-state index in [9.17, 15) is 24.9 Å². The van der Waals surface area contributed by atoms with Crippen LogP contribution in [0.4, 0.5) is 0 Å². The lowest BCUT2D eigenvalue weighted by atomic mass is 9.79. The van der Waals surface area contributed by atoms with E-state index >= 15 is 0 Å². The number of hydrogen-bond acceptors (Lipinski definition) is 7. The predicted molar refractivity (Wildman–Crippen MR) is 79.1 cm³/mol. The molecule has 0 aliphatic heterocycles. The monoisotopic (exact) mass is 320 g/mol. The van der Waals surface area contributed by atoms with Crippen molar-refractivity contribution in [2.75, 3.05) is 7.11 Å². The van der Waals surface area contributed by atoms with Gasteiger partial charge in [-0.15, -0.1) is 0 Å². The summed E-state index contributed by atoms with van der Waals surface area (Å²) >= 11 is 0. The van der Waals surface area contributed by atoms with Gasteiger partial charge in [0.25, 0.3) is 0 Å². The maximum absolute atomic E-state index is 12.8. The fourth-order valence-corrected chi connectivity index (χ4v) is 2.98. The Morgan fingerprint density at radius 3 is 2.78 bits per heavy atom. The predicted octanol–water partition coefficient (Wildman–Crippen LogP) is 0.475. The fourth-order valence-electron chi connectivity index (χ4n) is 2.98. The summed E-state index contributed by atoms with van der Waals surface area (Å²) < 4.78 is 10.2. The number of aromatic hydroxyl groups is 1. The number of carbonyl (C=O) groups is 1. The quantitative estimate of drug-likeness (QED) is 0.654. The van der Waals surface area contributed by atoms with Crippen LogP contribution in [0, 0.1) is 6.92 Å². The Morgan fingerprint density at radius 2 is 2.13 bits per heavy atom. The number of phenolic OH excluding ortho intramolecular Hbond substituents is 1. The maximum atomic E-state index is 12.8. The number of methoxy groups -OCH3 is 1. The lowest BCUT2D eigenvalue weighted by molar-refractivity contribution is -0.180. The summed E-state index contributed by atoms with van der Waals surface area (Å²) in [5.74, 6) is -1.11. The molecule has 1 aromatic carbocycles. The highest BCUT2D eigenvalue weighted by molar-refractivity contribution is 5.86. The number of benzene rings is 1. The molecule has 0 unspecified atom stereocenters. The van der Waals surface area contributed by atoms with Gasteiger partial charge in [0.1, 0.15) is 17.1 Å². The fraction of sp³-hybridized carbons (Fsp3) is 0.375. The molecular weight excluding hydrogens is 304 g/mol. The molecule has 1 aliphatic carbocycles. The van der Waals surface area contributed by atoms with Crippen molar-refractivity contribution in [2.45, 2.75) is 31.5 Å². The Hall–Kier alpha value is -2.38. The zero-order valence-corrected chi connectivity index (χ0v) is 12.6. The van der Waals surface area contributed by atoms with Crippen molar-refractivity contribution in [3.8, 4) is 5.75 Å². The first-order valence-electron chi connectivity index (χ1n) is 7.09. The third-order valence-corrected chi connectivity index (χ3v) is 4.29. The number of hydrogen-bond donors (Lipinski definition) is 3. The minimum Gasteiger partial charge on any atom is -0.508 e. The molecule has 0 spiro atoms. The van der Waals surface area contributed by atoms with Gasteiger partial charge in [0.05, 0.1) is 24.2 Å². The minimum absolute atomic E-state index is 0.0169. The number of esters is 1. The van der Waals surface area contributed by atoms with Crippen molar-refractivity contribution in [1.29, 1.82) is 0 Å². The van der Waals surface area contributed by atoms with E-state index in [1.165, 1.54) is 12.1 Å². The Labute approximate surface area is 130 Å². The molecule has 1 aromatic heterocycles. The highest BCUT2D eigenvalue weighted by Crippen LogP contribution is 2.37. The second-order valence-electron chi connectivity index (χ2n) is 5.68. The topological polar surface area (TPSA) is 117 Å². The van der Waals surface area contributed by atoms with Gasteiger partial charge < -0.3 is 24.5 Å². The number of rotatable bonds is 1. The van der Waals surface area contributed by atoms with Crippen LogP contribution in [-0.2, 0) is 21.6 Å². The number of aliphatic hydroxyl groups excluding tert-OH is 1. The highest BCUT2D eigenvalue weighted by atomic mass is 16.5. The number of aliphatic hydroxyl groups is 2. The van der Waals surface area contributed by atoms with Crippen molar-refractivity contribution >= 4 is 16.9 Å². The van der Waals surface area contributed by atoms with Crippen LogP contribution < -0.4 is 5.43 Å². The first kappa shape index (κ1) is 15.5. The van der Waals surface area contributed by atoms with E-state index in [1.54, 1.807) is 6.92 Å². The molecule has 3 rings (SSSR count). The van der Waals surface area contributed by atoms with Gasteiger partial charge in [0.15, 0.2) is 5.43 Å². The van der Waals surface area contributed by atoms with Crippen molar-refractivity contribution in [1.82, 2.24) is 0 Å². The van der Waals surface area contributed by atoms with Crippen LogP contribution in [0.25, 0.3) is 11.0 Å². The number of carbonyl (C=O) groups excluding carboxylic acids is 1. The Bertz CT molecular complexity index is 867. The van der Waals surface area contributed by atoms with Crippen molar-refractivity contribution in [3.05, 3.63) is 39.2 Å². The number of phenols is 1. The van der Waals surface area contributed by atoms with E-state index in [1.807, 2.05) is 0 Å². The van der Waals surface area contributed by atoms with Crippen LogP contribution in [0.15, 0.2) is 21.3 Å². The molecule has 1 aliphatic rings. The lowest BCUT2D eigenvalue weighted by Gasteiger charge is -2.34. The van der Waals surface area contributed by atoms with Gasteiger partial charge >= 0.3 is 5.97 Å². The SMILES string of the molecule is COC(=O)[C@]1(O)c2c(oc3cc(C)c(O)cc3c2=O)CC[C@H]1O. The van der Waals surface area contributed by atoms with Crippen molar-refractivity contribution in [2.24, 2.45) is 0 Å². The molecule has 7 heteroatoms. The van der Waals surface area contributed by atoms with Gasteiger partial charge in [0.2, 0.25) is 5.60 Å². The number of ether oxygens (including phenoxy) is 1. The summed E-state index contributed by atoms with van der Waals surface area (Å²) in [6.45, 7) is 1.66. The number of aryl methyl sites for hydroxylation is 2. The molecule has 0 saturated heterocycles. The standard InChI is InChI=1S/C16H16O7/c1-7-5-11-8(6-9(7)17)14(19)13-10(23-11)3-4-12(18)16(13,21)15(20)22-2/h5-6,12,17-18,21H,3-4H2,1-2H3/t12-,16-/m1/s1. The van der Waals surface area contributed by atoms with Crippen LogP contribution in [0.3, 0.4) is 0 Å². The minimum atomic E-state index is -2.49. The van der Waals surface area contributed by atoms with E-state index < -0.39 is 23.1 Å². The van der Waals surface area contributed by atoms with E-state index in [0.717, 1.165) is 7.11 Å². The average molecular weight is 320 g/mol. The average Bonchev–Trinajstić information content (AvgIpc) is 2.52. The molecule has 2 aromatic rings. The third kappa shape index (κ3) is 2.04. The Balaban J connectivity index is 2.40. The Morgan fingerprint density at radius 1 is 1.43 bits per heavy atom. The molecule has 122 valence electrons.